The summed E-state index contributed by atoms with van der Waals surface area (Å²) in [6, 6.07) is 16.5. The molecule has 0 unspecified atom stereocenters. The van der Waals surface area contributed by atoms with Crippen LogP contribution in [0.15, 0.2) is 58.6 Å². The molecule has 0 aliphatic heterocycles. The van der Waals surface area contributed by atoms with E-state index in [0.717, 1.165) is 10.0 Å². The van der Waals surface area contributed by atoms with E-state index in [1.165, 1.54) is 6.08 Å². The van der Waals surface area contributed by atoms with Crippen LogP contribution in [0.5, 0.6) is 5.75 Å². The third-order valence-corrected chi connectivity index (χ3v) is 3.35. The number of benzene rings is 2. The zero-order valence-electron chi connectivity index (χ0n) is 11.5. The molecule has 0 spiro atoms. The summed E-state index contributed by atoms with van der Waals surface area (Å²) in [6.45, 7) is 0.359. The van der Waals surface area contributed by atoms with Gasteiger partial charge in [-0.25, -0.2) is 4.79 Å². The number of carbonyl (C=O) groups is 1. The molecule has 5 heteroatoms. The zero-order chi connectivity index (χ0) is 15.9. The average molecular weight is 358 g/mol. The van der Waals surface area contributed by atoms with Crippen LogP contribution in [0.2, 0.25) is 0 Å². The summed E-state index contributed by atoms with van der Waals surface area (Å²) in [6.07, 6.45) is 1.30. The number of halogens is 1. The van der Waals surface area contributed by atoms with Crippen molar-refractivity contribution in [3.8, 4) is 11.8 Å². The molecule has 0 aromatic heterocycles. The minimum absolute atomic E-state index is 0.345. The Morgan fingerprint density at radius 2 is 2.00 bits per heavy atom. The van der Waals surface area contributed by atoms with E-state index in [4.69, 9.17) is 15.1 Å². The van der Waals surface area contributed by atoms with E-state index >= 15 is 0 Å². The predicted molar refractivity (Wildman–Crippen MR) is 86.1 cm³/mol. The van der Waals surface area contributed by atoms with E-state index in [9.17, 15) is 4.79 Å². The average Bonchev–Trinajstić information content (AvgIpc) is 2.52. The first kappa shape index (κ1) is 15.8. The normalized spacial score (nSPS) is 10.8. The SMILES string of the molecule is N#C/C(=C\c1cc(Br)ccc1OCc1ccccc1)C(=O)O. The van der Waals surface area contributed by atoms with Crippen molar-refractivity contribution in [1.29, 1.82) is 5.26 Å². The number of carboxylic acids is 1. The molecule has 0 aliphatic rings. The fourth-order valence-corrected chi connectivity index (χ4v) is 2.18. The summed E-state index contributed by atoms with van der Waals surface area (Å²) in [7, 11) is 0. The molecule has 0 fully saturated rings. The summed E-state index contributed by atoms with van der Waals surface area (Å²) < 4.78 is 6.51. The Bertz CT molecular complexity index is 748. The summed E-state index contributed by atoms with van der Waals surface area (Å²) in [4.78, 5) is 11.0. The number of ether oxygens (including phenoxy) is 1. The molecule has 0 heterocycles. The third-order valence-electron chi connectivity index (χ3n) is 2.86. The topological polar surface area (TPSA) is 70.3 Å². The Labute approximate surface area is 136 Å². The molecule has 0 amide bonds. The highest BCUT2D eigenvalue weighted by Gasteiger charge is 2.09. The first-order valence-electron chi connectivity index (χ1n) is 6.41. The highest BCUT2D eigenvalue weighted by molar-refractivity contribution is 9.10. The molecule has 22 heavy (non-hydrogen) atoms. The summed E-state index contributed by atoms with van der Waals surface area (Å²) >= 11 is 3.33. The highest BCUT2D eigenvalue weighted by atomic mass is 79.9. The van der Waals surface area contributed by atoms with E-state index < -0.39 is 5.97 Å². The minimum atomic E-state index is -1.27. The van der Waals surface area contributed by atoms with Crippen LogP contribution in [0.25, 0.3) is 6.08 Å². The summed E-state index contributed by atoms with van der Waals surface area (Å²) in [5.41, 5.74) is 1.19. The van der Waals surface area contributed by atoms with Crippen molar-refractivity contribution < 1.29 is 14.6 Å². The minimum Gasteiger partial charge on any atom is -0.488 e. The standard InChI is InChI=1S/C17H12BrNO3/c18-15-6-7-16(22-11-12-4-2-1-3-5-12)13(9-15)8-14(10-19)17(20)21/h1-9H,11H2,(H,20,21)/b14-8+. The molecule has 4 nitrogen and oxygen atoms in total. The summed E-state index contributed by atoms with van der Waals surface area (Å²) in [5.74, 6) is -0.752. The van der Waals surface area contributed by atoms with Gasteiger partial charge in [-0.3, -0.25) is 0 Å². The number of nitriles is 1. The largest absolute Gasteiger partial charge is 0.488 e. The Kier molecular flexibility index (Phi) is 5.34. The number of hydrogen-bond acceptors (Lipinski definition) is 3. The van der Waals surface area contributed by atoms with Gasteiger partial charge in [0.1, 0.15) is 24.0 Å². The van der Waals surface area contributed by atoms with Gasteiger partial charge in [0.05, 0.1) is 0 Å². The van der Waals surface area contributed by atoms with Gasteiger partial charge in [0, 0.05) is 10.0 Å². The quantitative estimate of drug-likeness (QED) is 0.647. The smallest absolute Gasteiger partial charge is 0.346 e. The number of rotatable bonds is 5. The lowest BCUT2D eigenvalue weighted by atomic mass is 10.1. The predicted octanol–water partition coefficient (Wildman–Crippen LogP) is 4.02. The van der Waals surface area contributed by atoms with E-state index in [0.29, 0.717) is 17.9 Å². The van der Waals surface area contributed by atoms with Crippen molar-refractivity contribution in [3.63, 3.8) is 0 Å². The van der Waals surface area contributed by atoms with Gasteiger partial charge < -0.3 is 9.84 Å². The van der Waals surface area contributed by atoms with Gasteiger partial charge in [0.2, 0.25) is 0 Å². The molecule has 0 radical (unpaired) electrons. The number of aliphatic carboxylic acids is 1. The first-order valence-corrected chi connectivity index (χ1v) is 7.21. The Morgan fingerprint density at radius 1 is 1.27 bits per heavy atom. The van der Waals surface area contributed by atoms with Crippen LogP contribution in [0, 0.1) is 11.3 Å². The number of hydrogen-bond donors (Lipinski definition) is 1. The van der Waals surface area contributed by atoms with Crippen molar-refractivity contribution >= 4 is 28.0 Å². The second kappa shape index (κ2) is 7.43. The molecule has 1 N–H and O–H groups in total. The molecular weight excluding hydrogens is 346 g/mol. The van der Waals surface area contributed by atoms with Gasteiger partial charge >= 0.3 is 5.97 Å². The maximum Gasteiger partial charge on any atom is 0.346 e. The van der Waals surface area contributed by atoms with Crippen molar-refractivity contribution in [2.24, 2.45) is 0 Å². The Hall–Kier alpha value is -2.58. The molecule has 110 valence electrons. The molecular formula is C17H12BrNO3. The van der Waals surface area contributed by atoms with Gasteiger partial charge in [-0.15, -0.1) is 0 Å². The van der Waals surface area contributed by atoms with Gasteiger partial charge in [-0.1, -0.05) is 46.3 Å². The molecule has 0 saturated heterocycles. The van der Waals surface area contributed by atoms with Crippen LogP contribution in [0.4, 0.5) is 0 Å². The maximum atomic E-state index is 11.0. The van der Waals surface area contributed by atoms with E-state index in [1.54, 1.807) is 24.3 Å². The molecule has 0 aliphatic carbocycles. The maximum absolute atomic E-state index is 11.0. The molecule has 0 saturated carbocycles. The van der Waals surface area contributed by atoms with Crippen LogP contribution in [0.1, 0.15) is 11.1 Å². The van der Waals surface area contributed by atoms with Gasteiger partial charge in [0.25, 0.3) is 0 Å². The second-order valence-corrected chi connectivity index (χ2v) is 5.35. The van der Waals surface area contributed by atoms with Gasteiger partial charge in [0.15, 0.2) is 0 Å². The Balaban J connectivity index is 2.28. The third kappa shape index (κ3) is 4.21. The lowest BCUT2D eigenvalue weighted by molar-refractivity contribution is -0.132. The zero-order valence-corrected chi connectivity index (χ0v) is 13.1. The molecule has 0 atom stereocenters. The summed E-state index contributed by atoms with van der Waals surface area (Å²) in [5, 5.41) is 17.8. The van der Waals surface area contributed by atoms with Crippen LogP contribution < -0.4 is 4.74 Å². The van der Waals surface area contributed by atoms with Crippen molar-refractivity contribution in [1.82, 2.24) is 0 Å². The fraction of sp³-hybridized carbons (Fsp3) is 0.0588. The molecule has 2 aromatic rings. The number of nitrogens with zero attached hydrogens (tertiary/aromatic N) is 1. The van der Waals surface area contributed by atoms with Crippen LogP contribution in [0.3, 0.4) is 0 Å². The Morgan fingerprint density at radius 3 is 2.64 bits per heavy atom. The van der Waals surface area contributed by atoms with Crippen LogP contribution in [-0.4, -0.2) is 11.1 Å². The fourth-order valence-electron chi connectivity index (χ4n) is 1.80. The second-order valence-electron chi connectivity index (χ2n) is 4.43. The van der Waals surface area contributed by atoms with E-state index in [2.05, 4.69) is 15.9 Å². The molecule has 0 bridgehead atoms. The van der Waals surface area contributed by atoms with Crippen molar-refractivity contribution in [2.45, 2.75) is 6.61 Å². The van der Waals surface area contributed by atoms with Gasteiger partial charge in [-0.2, -0.15) is 5.26 Å². The van der Waals surface area contributed by atoms with Crippen molar-refractivity contribution in [2.75, 3.05) is 0 Å². The van der Waals surface area contributed by atoms with Gasteiger partial charge in [-0.05, 0) is 29.8 Å². The lowest BCUT2D eigenvalue weighted by Gasteiger charge is -2.10. The first-order chi connectivity index (χ1) is 10.6. The van der Waals surface area contributed by atoms with E-state index in [-0.39, 0.29) is 5.57 Å². The highest BCUT2D eigenvalue weighted by Crippen LogP contribution is 2.26. The van der Waals surface area contributed by atoms with Crippen LogP contribution in [-0.2, 0) is 11.4 Å². The lowest BCUT2D eigenvalue weighted by Crippen LogP contribution is -2.00. The van der Waals surface area contributed by atoms with Crippen molar-refractivity contribution in [3.05, 3.63) is 69.7 Å². The molecule has 2 aromatic carbocycles. The van der Waals surface area contributed by atoms with Crippen LogP contribution >= 0.6 is 15.9 Å². The number of carboxylic acid groups (broad SMARTS) is 1. The monoisotopic (exact) mass is 357 g/mol. The molecule has 2 rings (SSSR count). The van der Waals surface area contributed by atoms with E-state index in [1.807, 2.05) is 30.3 Å².